The summed E-state index contributed by atoms with van der Waals surface area (Å²) in [6.45, 7) is 2.59. The maximum atomic E-state index is 13.6. The number of para-hydroxylation sites is 1. The third-order valence-corrected chi connectivity index (χ3v) is 6.08. The van der Waals surface area contributed by atoms with Gasteiger partial charge in [-0.2, -0.15) is 13.2 Å². The molecule has 0 saturated carbocycles. The van der Waals surface area contributed by atoms with Gasteiger partial charge in [0.2, 0.25) is 5.91 Å². The molecular weight excluding hydrogens is 502 g/mol. The number of rotatable bonds is 7. The van der Waals surface area contributed by atoms with Crippen LogP contribution >= 0.6 is 0 Å². The van der Waals surface area contributed by atoms with E-state index in [4.69, 9.17) is 0 Å². The number of ketones is 1. The van der Waals surface area contributed by atoms with E-state index in [9.17, 15) is 31.9 Å². The summed E-state index contributed by atoms with van der Waals surface area (Å²) in [7, 11) is 0. The Hall–Kier alpha value is -4.34. The highest BCUT2D eigenvalue weighted by Gasteiger charge is 2.31. The van der Waals surface area contributed by atoms with Crippen molar-refractivity contribution in [1.29, 1.82) is 0 Å². The number of halogens is 4. The second kappa shape index (κ2) is 10.6. The fraction of sp³-hybridized carbons (Fsp3) is 0.214. The summed E-state index contributed by atoms with van der Waals surface area (Å²) < 4.78 is 53.7. The molecule has 6 nitrogen and oxygen atoms in total. The van der Waals surface area contributed by atoms with Crippen molar-refractivity contribution in [3.8, 4) is 5.69 Å². The van der Waals surface area contributed by atoms with Crippen LogP contribution in [0.1, 0.15) is 36.8 Å². The highest BCUT2D eigenvalue weighted by Crippen LogP contribution is 2.29. The first-order valence-corrected chi connectivity index (χ1v) is 11.7. The van der Waals surface area contributed by atoms with E-state index < -0.39 is 35.1 Å². The van der Waals surface area contributed by atoms with Crippen molar-refractivity contribution in [2.75, 3.05) is 6.54 Å². The second-order valence-electron chi connectivity index (χ2n) is 8.88. The molecule has 0 aliphatic heterocycles. The van der Waals surface area contributed by atoms with Crippen molar-refractivity contribution in [3.05, 3.63) is 106 Å². The number of aromatic nitrogens is 2. The number of amides is 1. The molecule has 0 N–H and O–H groups in total. The predicted octanol–water partition coefficient (Wildman–Crippen LogP) is 5.26. The topological polar surface area (TPSA) is 72.3 Å². The van der Waals surface area contributed by atoms with E-state index in [1.807, 2.05) is 0 Å². The zero-order valence-electron chi connectivity index (χ0n) is 20.5. The molecule has 1 amide bonds. The molecule has 38 heavy (non-hydrogen) atoms. The summed E-state index contributed by atoms with van der Waals surface area (Å²) in [5, 5.41) is 0.307. The van der Waals surface area contributed by atoms with Crippen LogP contribution in [0.25, 0.3) is 16.6 Å². The lowest BCUT2D eigenvalue weighted by molar-refractivity contribution is -0.137. The number of carbonyl (C=O) groups excluding carboxylic acids is 2. The van der Waals surface area contributed by atoms with E-state index in [1.54, 1.807) is 31.2 Å². The van der Waals surface area contributed by atoms with Gasteiger partial charge < -0.3 is 4.90 Å². The Morgan fingerprint density at radius 3 is 2.21 bits per heavy atom. The van der Waals surface area contributed by atoms with E-state index in [1.165, 1.54) is 52.8 Å². The Kier molecular flexibility index (Phi) is 7.43. The lowest BCUT2D eigenvalue weighted by atomic mass is 10.1. The molecule has 0 radical (unpaired) electrons. The Morgan fingerprint density at radius 1 is 0.974 bits per heavy atom. The Balaban J connectivity index is 1.78. The quantitative estimate of drug-likeness (QED) is 0.309. The van der Waals surface area contributed by atoms with Crippen molar-refractivity contribution < 1.29 is 27.2 Å². The van der Waals surface area contributed by atoms with Crippen molar-refractivity contribution in [2.45, 2.75) is 32.5 Å². The van der Waals surface area contributed by atoms with Crippen molar-refractivity contribution in [2.24, 2.45) is 0 Å². The highest BCUT2D eigenvalue weighted by molar-refractivity contribution is 5.86. The van der Waals surface area contributed by atoms with Gasteiger partial charge in [-0.15, -0.1) is 0 Å². The van der Waals surface area contributed by atoms with Gasteiger partial charge in [0.05, 0.1) is 41.2 Å². The van der Waals surface area contributed by atoms with Crippen molar-refractivity contribution >= 4 is 22.6 Å². The van der Waals surface area contributed by atoms with Crippen LogP contribution in [-0.2, 0) is 22.2 Å². The van der Waals surface area contributed by atoms with Crippen LogP contribution in [-0.4, -0.2) is 32.7 Å². The maximum absolute atomic E-state index is 13.6. The maximum Gasteiger partial charge on any atom is 0.416 e. The summed E-state index contributed by atoms with van der Waals surface area (Å²) in [5.41, 5.74) is -0.273. The lowest BCUT2D eigenvalue weighted by Gasteiger charge is -2.30. The molecule has 0 aliphatic rings. The lowest BCUT2D eigenvalue weighted by Crippen LogP contribution is -2.40. The van der Waals surface area contributed by atoms with Gasteiger partial charge in [-0.1, -0.05) is 24.3 Å². The number of nitrogens with zero attached hydrogens (tertiary/aromatic N) is 3. The van der Waals surface area contributed by atoms with E-state index >= 15 is 0 Å². The minimum Gasteiger partial charge on any atom is -0.325 e. The van der Waals surface area contributed by atoms with Gasteiger partial charge in [0.1, 0.15) is 17.4 Å². The number of benzene rings is 3. The van der Waals surface area contributed by atoms with Crippen LogP contribution in [0.4, 0.5) is 17.6 Å². The molecule has 4 aromatic rings. The number of carbonyl (C=O) groups is 2. The molecule has 0 saturated heterocycles. The van der Waals surface area contributed by atoms with Gasteiger partial charge >= 0.3 is 6.18 Å². The van der Waals surface area contributed by atoms with Gasteiger partial charge in [-0.3, -0.25) is 19.0 Å². The molecule has 10 heteroatoms. The largest absolute Gasteiger partial charge is 0.416 e. The highest BCUT2D eigenvalue weighted by atomic mass is 19.4. The van der Waals surface area contributed by atoms with Crippen molar-refractivity contribution in [1.82, 2.24) is 14.5 Å². The van der Waals surface area contributed by atoms with Crippen LogP contribution in [0, 0.1) is 5.82 Å². The average molecular weight is 526 g/mol. The van der Waals surface area contributed by atoms with E-state index in [0.717, 1.165) is 12.1 Å². The monoisotopic (exact) mass is 525 g/mol. The minimum atomic E-state index is -4.51. The summed E-state index contributed by atoms with van der Waals surface area (Å²) >= 11 is 0. The Morgan fingerprint density at radius 2 is 1.61 bits per heavy atom. The predicted molar refractivity (Wildman–Crippen MR) is 133 cm³/mol. The van der Waals surface area contributed by atoms with Gasteiger partial charge in [-0.05, 0) is 67.9 Å². The van der Waals surface area contributed by atoms with E-state index in [0.29, 0.717) is 22.2 Å². The van der Waals surface area contributed by atoms with Gasteiger partial charge in [0.25, 0.3) is 5.56 Å². The molecule has 1 heterocycles. The average Bonchev–Trinajstić information content (AvgIpc) is 2.87. The summed E-state index contributed by atoms with van der Waals surface area (Å²) in [6.07, 6.45) is -4.78. The van der Waals surface area contributed by atoms with Crippen LogP contribution in [0.3, 0.4) is 0 Å². The first kappa shape index (κ1) is 26.7. The first-order valence-electron chi connectivity index (χ1n) is 11.7. The molecule has 1 atom stereocenters. The van der Waals surface area contributed by atoms with Crippen LogP contribution in [0.15, 0.2) is 77.6 Å². The second-order valence-corrected chi connectivity index (χ2v) is 8.88. The SMILES string of the molecule is CC(=O)CN(C(=O)Cc1ccc(C(F)(F)F)cc1)[C@H](C)c1nc2ccccc2c(=O)n1-c1ccc(F)cc1. The van der Waals surface area contributed by atoms with E-state index in [2.05, 4.69) is 4.98 Å². The summed E-state index contributed by atoms with van der Waals surface area (Å²) in [4.78, 5) is 44.9. The van der Waals surface area contributed by atoms with Gasteiger partial charge in [-0.25, -0.2) is 9.37 Å². The normalized spacial score (nSPS) is 12.4. The first-order chi connectivity index (χ1) is 18.0. The standard InChI is InChI=1S/C28H23F4N3O3/c1-17(36)16-34(25(37)15-19-7-9-20(10-8-19)28(30,31)32)18(2)26-33-24-6-4-3-5-23(24)27(38)35(26)22-13-11-21(29)12-14-22/h3-14,18H,15-16H2,1-2H3/t18-/m1/s1. The molecule has 0 bridgehead atoms. The smallest absolute Gasteiger partial charge is 0.325 e. The van der Waals surface area contributed by atoms with Gasteiger partial charge in [0.15, 0.2) is 0 Å². The Labute approximate surface area is 215 Å². The fourth-order valence-corrected chi connectivity index (χ4v) is 4.18. The summed E-state index contributed by atoms with van der Waals surface area (Å²) in [5.74, 6) is -1.24. The van der Waals surface area contributed by atoms with Crippen molar-refractivity contribution in [3.63, 3.8) is 0 Å². The Bertz CT molecular complexity index is 1550. The molecular formula is C28H23F4N3O3. The zero-order valence-corrected chi connectivity index (χ0v) is 20.5. The van der Waals surface area contributed by atoms with Crippen LogP contribution in [0.2, 0.25) is 0 Å². The number of alkyl halides is 3. The molecule has 0 aliphatic carbocycles. The fourth-order valence-electron chi connectivity index (χ4n) is 4.18. The van der Waals surface area contributed by atoms with E-state index in [-0.39, 0.29) is 24.6 Å². The number of hydrogen-bond donors (Lipinski definition) is 0. The van der Waals surface area contributed by atoms with Gasteiger partial charge in [0, 0.05) is 0 Å². The zero-order chi connectivity index (χ0) is 27.6. The molecule has 0 fully saturated rings. The molecule has 1 aromatic heterocycles. The minimum absolute atomic E-state index is 0.141. The molecule has 0 spiro atoms. The number of hydrogen-bond acceptors (Lipinski definition) is 4. The van der Waals surface area contributed by atoms with Crippen LogP contribution in [0.5, 0.6) is 0 Å². The number of fused-ring (bicyclic) bond motifs is 1. The number of Topliss-reactive ketones (excluding diaryl/α,β-unsaturated/α-hetero) is 1. The molecule has 4 rings (SSSR count). The molecule has 3 aromatic carbocycles. The van der Waals surface area contributed by atoms with Crippen LogP contribution < -0.4 is 5.56 Å². The third kappa shape index (κ3) is 5.64. The molecule has 0 unspecified atom stereocenters. The molecule has 196 valence electrons. The summed E-state index contributed by atoms with van der Waals surface area (Å²) in [6, 6.07) is 15.1. The third-order valence-electron chi connectivity index (χ3n) is 6.08.